The normalized spacial score (nSPS) is 27.7. The van der Waals surface area contributed by atoms with Crippen molar-refractivity contribution in [1.82, 2.24) is 10.6 Å². The SMILES string of the molecule is CC(=O)NC1CNCCC1CC(C)C. The second-order valence-corrected chi connectivity index (χ2v) is 4.69. The van der Waals surface area contributed by atoms with Crippen molar-refractivity contribution in [3.05, 3.63) is 0 Å². The molecule has 0 aromatic carbocycles. The van der Waals surface area contributed by atoms with Crippen LogP contribution in [-0.2, 0) is 4.79 Å². The highest BCUT2D eigenvalue weighted by Gasteiger charge is 2.25. The number of carbonyl (C=O) groups excluding carboxylic acids is 1. The third-order valence-corrected chi connectivity index (χ3v) is 2.79. The van der Waals surface area contributed by atoms with E-state index in [0.717, 1.165) is 13.1 Å². The summed E-state index contributed by atoms with van der Waals surface area (Å²) in [7, 11) is 0. The van der Waals surface area contributed by atoms with Gasteiger partial charge in [0.05, 0.1) is 0 Å². The summed E-state index contributed by atoms with van der Waals surface area (Å²) < 4.78 is 0. The molecule has 0 aliphatic carbocycles. The quantitative estimate of drug-likeness (QED) is 0.714. The Kier molecular flexibility index (Phi) is 4.39. The van der Waals surface area contributed by atoms with Crippen LogP contribution < -0.4 is 10.6 Å². The van der Waals surface area contributed by atoms with E-state index in [-0.39, 0.29) is 5.91 Å². The fourth-order valence-electron chi connectivity index (χ4n) is 2.23. The van der Waals surface area contributed by atoms with E-state index in [1.54, 1.807) is 6.92 Å². The van der Waals surface area contributed by atoms with Crippen molar-refractivity contribution in [2.45, 2.75) is 39.7 Å². The summed E-state index contributed by atoms with van der Waals surface area (Å²) in [6.07, 6.45) is 2.40. The zero-order valence-electron chi connectivity index (χ0n) is 9.47. The number of rotatable bonds is 3. The summed E-state index contributed by atoms with van der Waals surface area (Å²) >= 11 is 0. The smallest absolute Gasteiger partial charge is 0.217 e. The number of hydrogen-bond acceptors (Lipinski definition) is 2. The van der Waals surface area contributed by atoms with Gasteiger partial charge in [-0.25, -0.2) is 0 Å². The van der Waals surface area contributed by atoms with Crippen molar-refractivity contribution < 1.29 is 4.79 Å². The average Bonchev–Trinajstić information content (AvgIpc) is 2.06. The Labute approximate surface area is 86.6 Å². The molecule has 1 heterocycles. The first-order valence-corrected chi connectivity index (χ1v) is 5.57. The van der Waals surface area contributed by atoms with Crippen molar-refractivity contribution in [1.29, 1.82) is 0 Å². The molecule has 0 bridgehead atoms. The van der Waals surface area contributed by atoms with Crippen LogP contribution in [-0.4, -0.2) is 25.0 Å². The van der Waals surface area contributed by atoms with Crippen molar-refractivity contribution in [3.8, 4) is 0 Å². The molecule has 1 aliphatic rings. The van der Waals surface area contributed by atoms with Crippen molar-refractivity contribution in [2.75, 3.05) is 13.1 Å². The summed E-state index contributed by atoms with van der Waals surface area (Å²) in [5.41, 5.74) is 0. The van der Waals surface area contributed by atoms with Gasteiger partial charge in [-0.05, 0) is 31.2 Å². The van der Waals surface area contributed by atoms with Gasteiger partial charge < -0.3 is 10.6 Å². The molecule has 2 atom stereocenters. The lowest BCUT2D eigenvalue weighted by molar-refractivity contribution is -0.120. The van der Waals surface area contributed by atoms with Crippen LogP contribution in [0.15, 0.2) is 0 Å². The van der Waals surface area contributed by atoms with Crippen LogP contribution in [0.4, 0.5) is 0 Å². The van der Waals surface area contributed by atoms with E-state index in [2.05, 4.69) is 24.5 Å². The fraction of sp³-hybridized carbons (Fsp3) is 0.909. The highest BCUT2D eigenvalue weighted by Crippen LogP contribution is 2.21. The van der Waals surface area contributed by atoms with Crippen LogP contribution in [0.5, 0.6) is 0 Å². The van der Waals surface area contributed by atoms with Crippen LogP contribution in [0.25, 0.3) is 0 Å². The average molecular weight is 198 g/mol. The Bertz CT molecular complexity index is 192. The Morgan fingerprint density at radius 1 is 1.57 bits per heavy atom. The number of hydrogen-bond donors (Lipinski definition) is 2. The molecule has 14 heavy (non-hydrogen) atoms. The van der Waals surface area contributed by atoms with Gasteiger partial charge in [0, 0.05) is 19.5 Å². The van der Waals surface area contributed by atoms with E-state index < -0.39 is 0 Å². The minimum atomic E-state index is 0.0902. The predicted molar refractivity (Wildman–Crippen MR) is 58.0 cm³/mol. The Morgan fingerprint density at radius 2 is 2.29 bits per heavy atom. The topological polar surface area (TPSA) is 41.1 Å². The van der Waals surface area contributed by atoms with Gasteiger partial charge in [-0.3, -0.25) is 4.79 Å². The molecule has 1 aliphatic heterocycles. The molecule has 1 amide bonds. The molecule has 1 saturated heterocycles. The monoisotopic (exact) mass is 198 g/mol. The maximum Gasteiger partial charge on any atom is 0.217 e. The molecule has 0 spiro atoms. The lowest BCUT2D eigenvalue weighted by Gasteiger charge is -2.33. The summed E-state index contributed by atoms with van der Waals surface area (Å²) in [6, 6.07) is 0.337. The predicted octanol–water partition coefficient (Wildman–Crippen LogP) is 1.15. The number of nitrogens with one attached hydrogen (secondary N) is 2. The minimum Gasteiger partial charge on any atom is -0.352 e. The number of amides is 1. The van der Waals surface area contributed by atoms with Crippen LogP contribution in [0.2, 0.25) is 0 Å². The van der Waals surface area contributed by atoms with Gasteiger partial charge in [-0.2, -0.15) is 0 Å². The van der Waals surface area contributed by atoms with Gasteiger partial charge in [0.1, 0.15) is 0 Å². The van der Waals surface area contributed by atoms with Crippen LogP contribution in [0.1, 0.15) is 33.6 Å². The summed E-state index contributed by atoms with van der Waals surface area (Å²) in [5.74, 6) is 1.46. The van der Waals surface area contributed by atoms with E-state index in [1.807, 2.05) is 0 Å². The molecule has 3 nitrogen and oxygen atoms in total. The van der Waals surface area contributed by atoms with Gasteiger partial charge in [0.2, 0.25) is 5.91 Å². The summed E-state index contributed by atoms with van der Waals surface area (Å²) in [6.45, 7) is 8.10. The molecule has 2 N–H and O–H groups in total. The third-order valence-electron chi connectivity index (χ3n) is 2.79. The zero-order chi connectivity index (χ0) is 10.6. The van der Waals surface area contributed by atoms with Crippen LogP contribution >= 0.6 is 0 Å². The summed E-state index contributed by atoms with van der Waals surface area (Å²) in [4.78, 5) is 11.0. The van der Waals surface area contributed by atoms with Crippen LogP contribution in [0, 0.1) is 11.8 Å². The van der Waals surface area contributed by atoms with Gasteiger partial charge >= 0.3 is 0 Å². The number of piperidine rings is 1. The first kappa shape index (κ1) is 11.5. The molecule has 0 aromatic rings. The van der Waals surface area contributed by atoms with E-state index in [9.17, 15) is 4.79 Å². The lowest BCUT2D eigenvalue weighted by atomic mass is 9.85. The largest absolute Gasteiger partial charge is 0.352 e. The van der Waals surface area contributed by atoms with Crippen molar-refractivity contribution in [3.63, 3.8) is 0 Å². The van der Waals surface area contributed by atoms with E-state index >= 15 is 0 Å². The fourth-order valence-corrected chi connectivity index (χ4v) is 2.23. The van der Waals surface area contributed by atoms with Gasteiger partial charge in [-0.1, -0.05) is 13.8 Å². The Hall–Kier alpha value is -0.570. The Balaban J connectivity index is 2.45. The molecular formula is C11H22N2O. The molecule has 0 saturated carbocycles. The minimum absolute atomic E-state index is 0.0902. The second kappa shape index (κ2) is 5.35. The van der Waals surface area contributed by atoms with Crippen molar-refractivity contribution in [2.24, 2.45) is 11.8 Å². The lowest BCUT2D eigenvalue weighted by Crippen LogP contribution is -2.50. The molecule has 0 radical (unpaired) electrons. The standard InChI is InChI=1S/C11H22N2O/c1-8(2)6-10-4-5-12-7-11(10)13-9(3)14/h8,10-12H,4-7H2,1-3H3,(H,13,14). The number of carbonyl (C=O) groups is 1. The van der Waals surface area contributed by atoms with Gasteiger partial charge in [-0.15, -0.1) is 0 Å². The van der Waals surface area contributed by atoms with Crippen LogP contribution in [0.3, 0.4) is 0 Å². The highest BCUT2D eigenvalue weighted by atomic mass is 16.1. The molecule has 82 valence electrons. The third kappa shape index (κ3) is 3.66. The zero-order valence-corrected chi connectivity index (χ0v) is 9.47. The van der Waals surface area contributed by atoms with Gasteiger partial charge in [0.25, 0.3) is 0 Å². The Morgan fingerprint density at radius 3 is 2.86 bits per heavy atom. The molecule has 1 rings (SSSR count). The molecule has 0 aromatic heterocycles. The first-order valence-electron chi connectivity index (χ1n) is 5.57. The first-order chi connectivity index (χ1) is 6.59. The molecule has 3 heteroatoms. The van der Waals surface area contributed by atoms with E-state index in [0.29, 0.717) is 17.9 Å². The van der Waals surface area contributed by atoms with Gasteiger partial charge in [0.15, 0.2) is 0 Å². The molecular weight excluding hydrogens is 176 g/mol. The maximum absolute atomic E-state index is 11.0. The summed E-state index contributed by atoms with van der Waals surface area (Å²) in [5, 5.41) is 6.36. The van der Waals surface area contributed by atoms with E-state index in [4.69, 9.17) is 0 Å². The maximum atomic E-state index is 11.0. The van der Waals surface area contributed by atoms with E-state index in [1.165, 1.54) is 12.8 Å². The highest BCUT2D eigenvalue weighted by molar-refractivity contribution is 5.73. The molecule has 2 unspecified atom stereocenters. The second-order valence-electron chi connectivity index (χ2n) is 4.69. The van der Waals surface area contributed by atoms with Crippen molar-refractivity contribution >= 4 is 5.91 Å². The molecule has 1 fully saturated rings.